The molecule has 4 aliphatic rings. The molecule has 0 spiro atoms. The van der Waals surface area contributed by atoms with Crippen LogP contribution in [-0.2, 0) is 29.1 Å². The summed E-state index contributed by atoms with van der Waals surface area (Å²) >= 11 is 0. The van der Waals surface area contributed by atoms with Gasteiger partial charge in [-0.3, -0.25) is 19.1 Å². The molecule has 1 unspecified atom stereocenters. The lowest BCUT2D eigenvalue weighted by molar-refractivity contribution is -0.143. The van der Waals surface area contributed by atoms with Crippen molar-refractivity contribution in [3.05, 3.63) is 36.2 Å². The smallest absolute Gasteiger partial charge is 0.408 e. The normalized spacial score (nSPS) is 30.4. The van der Waals surface area contributed by atoms with Gasteiger partial charge in [0.05, 0.1) is 17.4 Å². The Hall–Kier alpha value is -3.26. The highest BCUT2D eigenvalue weighted by molar-refractivity contribution is 7.91. The lowest BCUT2D eigenvalue weighted by atomic mass is 9.79. The number of hydrogen-bond donors (Lipinski definition) is 4. The van der Waals surface area contributed by atoms with Crippen molar-refractivity contribution in [1.82, 2.24) is 20.3 Å². The minimum absolute atomic E-state index is 0.0880. The lowest BCUT2D eigenvalue weighted by Gasteiger charge is -2.36. The van der Waals surface area contributed by atoms with E-state index >= 15 is 0 Å². The first kappa shape index (κ1) is 35.6. The number of nitrogens with zero attached hydrogens (tertiary/aromatic N) is 1. The van der Waals surface area contributed by atoms with Crippen LogP contribution >= 0.6 is 0 Å². The van der Waals surface area contributed by atoms with Gasteiger partial charge in [-0.05, 0) is 57.9 Å². The van der Waals surface area contributed by atoms with Crippen molar-refractivity contribution in [2.75, 3.05) is 6.54 Å². The summed E-state index contributed by atoms with van der Waals surface area (Å²) in [6, 6.07) is -2.55. The van der Waals surface area contributed by atoms with Crippen LogP contribution in [0, 0.1) is 17.3 Å². The van der Waals surface area contributed by atoms with Crippen LogP contribution in [0.5, 0.6) is 0 Å². The highest BCUT2D eigenvalue weighted by Crippen LogP contribution is 2.46. The Morgan fingerprint density at radius 2 is 1.78 bits per heavy atom. The maximum atomic E-state index is 14.7. The molecular formula is C32H47FN4O8S. The SMILES string of the molecule is C=C[C@@H]1C[C@]1(NC(=O)[C@@H]1C[C@@](O)(C2C=CC(C)=C(F)C2)CN1C(=O)[C@@H](NC(=O)OC(C)(C)C)C(C)(C)C)C(=O)NS(=O)(=O)C1CC1. The molecule has 0 radical (unpaired) electrons. The fourth-order valence-electron chi connectivity index (χ4n) is 6.05. The third-order valence-electron chi connectivity index (χ3n) is 9.07. The number of hydrogen-bond acceptors (Lipinski definition) is 8. The summed E-state index contributed by atoms with van der Waals surface area (Å²) in [7, 11) is -3.92. The summed E-state index contributed by atoms with van der Waals surface area (Å²) in [5, 5.41) is 16.5. The third kappa shape index (κ3) is 7.48. The number of ether oxygens (including phenoxy) is 1. The topological polar surface area (TPSA) is 171 Å². The van der Waals surface area contributed by atoms with E-state index in [4.69, 9.17) is 4.74 Å². The van der Waals surface area contributed by atoms with Crippen molar-refractivity contribution in [2.24, 2.45) is 17.3 Å². The summed E-state index contributed by atoms with van der Waals surface area (Å²) in [6.07, 6.45) is 4.30. The van der Waals surface area contributed by atoms with E-state index in [-0.39, 0.29) is 25.8 Å². The molecule has 4 N–H and O–H groups in total. The van der Waals surface area contributed by atoms with Gasteiger partial charge in [-0.15, -0.1) is 6.58 Å². The van der Waals surface area contributed by atoms with Gasteiger partial charge >= 0.3 is 6.09 Å². The van der Waals surface area contributed by atoms with Crippen LogP contribution in [0.1, 0.15) is 80.6 Å². The van der Waals surface area contributed by atoms with Gasteiger partial charge < -0.3 is 25.4 Å². The van der Waals surface area contributed by atoms with Gasteiger partial charge in [0.15, 0.2) is 0 Å². The summed E-state index contributed by atoms with van der Waals surface area (Å²) in [6.45, 7) is 15.1. The average Bonchev–Trinajstić information content (AvgIpc) is 3.84. The molecule has 3 aliphatic carbocycles. The third-order valence-corrected chi connectivity index (χ3v) is 10.9. The molecule has 1 saturated heterocycles. The predicted molar refractivity (Wildman–Crippen MR) is 168 cm³/mol. The molecule has 4 rings (SSSR count). The number of likely N-dealkylation sites (tertiary alicyclic amines) is 1. The molecule has 46 heavy (non-hydrogen) atoms. The Bertz CT molecular complexity index is 1470. The summed E-state index contributed by atoms with van der Waals surface area (Å²) in [5.74, 6) is -4.17. The van der Waals surface area contributed by atoms with Crippen molar-refractivity contribution >= 4 is 33.8 Å². The number of nitrogens with one attached hydrogen (secondary N) is 3. The molecule has 1 aliphatic heterocycles. The molecule has 4 amide bonds. The number of carbonyl (C=O) groups excluding carboxylic acids is 4. The van der Waals surface area contributed by atoms with Crippen LogP contribution in [0.25, 0.3) is 0 Å². The summed E-state index contributed by atoms with van der Waals surface area (Å²) in [4.78, 5) is 55.6. The van der Waals surface area contributed by atoms with Crippen molar-refractivity contribution < 1.29 is 41.8 Å². The van der Waals surface area contributed by atoms with Crippen molar-refractivity contribution in [3.8, 4) is 0 Å². The first-order valence-electron chi connectivity index (χ1n) is 15.6. The number of allylic oxidation sites excluding steroid dienone is 3. The first-order valence-corrected chi connectivity index (χ1v) is 17.1. The molecule has 1 heterocycles. The zero-order valence-corrected chi connectivity index (χ0v) is 28.4. The lowest BCUT2D eigenvalue weighted by Crippen LogP contribution is -2.60. The molecular weight excluding hydrogens is 619 g/mol. The number of carbonyl (C=O) groups is 4. The minimum Gasteiger partial charge on any atom is -0.444 e. The van der Waals surface area contributed by atoms with Crippen LogP contribution in [0.4, 0.5) is 9.18 Å². The van der Waals surface area contributed by atoms with Crippen molar-refractivity contribution in [3.63, 3.8) is 0 Å². The fourth-order valence-corrected chi connectivity index (χ4v) is 7.41. The van der Waals surface area contributed by atoms with E-state index < -0.39 is 91.0 Å². The van der Waals surface area contributed by atoms with E-state index in [9.17, 15) is 37.1 Å². The second kappa shape index (κ2) is 12.1. The van der Waals surface area contributed by atoms with Gasteiger partial charge in [-0.25, -0.2) is 17.6 Å². The number of rotatable bonds is 9. The van der Waals surface area contributed by atoms with E-state index in [1.165, 1.54) is 6.08 Å². The standard InChI is InChI=1S/C32H47FN4O8S/c1-9-19-15-32(19,27(40)36-46(43,44)21-12-13-21)35-25(38)23-16-31(42,20-11-10-18(2)22(33)14-20)17-37(23)26(39)24(29(3,4)5)34-28(41)45-30(6,7)8/h9-11,19-21,23-24,42H,1,12-17H2,2-8H3,(H,34,41)(H,35,38)(H,36,40)/t19-,20?,23+,24-,31+,32-/m1/s1. The average molecular weight is 667 g/mol. The number of halogens is 1. The zero-order chi connectivity index (χ0) is 34.6. The van der Waals surface area contributed by atoms with E-state index in [0.717, 1.165) is 4.90 Å². The molecule has 0 aromatic heterocycles. The largest absolute Gasteiger partial charge is 0.444 e. The highest BCUT2D eigenvalue weighted by Gasteiger charge is 2.63. The molecule has 0 bridgehead atoms. The van der Waals surface area contributed by atoms with Crippen LogP contribution in [0.2, 0.25) is 0 Å². The molecule has 14 heteroatoms. The van der Waals surface area contributed by atoms with E-state index in [1.54, 1.807) is 60.6 Å². The molecule has 256 valence electrons. The first-order chi connectivity index (χ1) is 21.0. The Balaban J connectivity index is 1.66. The quantitative estimate of drug-likeness (QED) is 0.272. The second-order valence-electron chi connectivity index (χ2n) is 15.2. The molecule has 2 saturated carbocycles. The van der Waals surface area contributed by atoms with E-state index in [1.807, 2.05) is 0 Å². The molecule has 6 atom stereocenters. The van der Waals surface area contributed by atoms with Gasteiger partial charge in [-0.1, -0.05) is 39.0 Å². The maximum Gasteiger partial charge on any atom is 0.408 e. The molecule has 0 aromatic carbocycles. The molecule has 0 aromatic rings. The summed E-state index contributed by atoms with van der Waals surface area (Å²) in [5.41, 5.74) is -4.69. The van der Waals surface area contributed by atoms with Crippen molar-refractivity contribution in [2.45, 2.75) is 115 Å². The van der Waals surface area contributed by atoms with Crippen LogP contribution in [0.3, 0.4) is 0 Å². The van der Waals surface area contributed by atoms with E-state index in [2.05, 4.69) is 21.9 Å². The highest BCUT2D eigenvalue weighted by atomic mass is 32.2. The van der Waals surface area contributed by atoms with Gasteiger partial charge in [0.25, 0.3) is 5.91 Å². The number of aliphatic hydroxyl groups is 1. The zero-order valence-electron chi connectivity index (χ0n) is 27.6. The Labute approximate surface area is 270 Å². The van der Waals surface area contributed by atoms with Gasteiger partial charge in [0.1, 0.15) is 29.1 Å². The van der Waals surface area contributed by atoms with Crippen LogP contribution in [0.15, 0.2) is 36.2 Å². The maximum absolute atomic E-state index is 14.7. The Kier molecular flexibility index (Phi) is 9.34. The molecule has 12 nitrogen and oxygen atoms in total. The minimum atomic E-state index is -3.92. The van der Waals surface area contributed by atoms with Crippen LogP contribution < -0.4 is 15.4 Å². The van der Waals surface area contributed by atoms with Crippen LogP contribution in [-0.4, -0.2) is 82.9 Å². The fraction of sp³-hybridized carbons (Fsp3) is 0.688. The van der Waals surface area contributed by atoms with Crippen molar-refractivity contribution in [1.29, 1.82) is 0 Å². The van der Waals surface area contributed by atoms with Gasteiger partial charge in [0, 0.05) is 24.7 Å². The van der Waals surface area contributed by atoms with E-state index in [0.29, 0.717) is 18.4 Å². The number of sulfonamides is 1. The van der Waals surface area contributed by atoms with Gasteiger partial charge in [-0.2, -0.15) is 0 Å². The number of amides is 4. The number of alkyl carbamates (subject to hydrolysis) is 1. The van der Waals surface area contributed by atoms with Gasteiger partial charge in [0.2, 0.25) is 21.8 Å². The monoisotopic (exact) mass is 666 g/mol. The number of β-amino-alcohol motifs (C(OH)–C–C–N with tert-alkyl or cyclic N) is 1. The Morgan fingerprint density at radius 1 is 1.15 bits per heavy atom. The Morgan fingerprint density at radius 3 is 2.28 bits per heavy atom. The predicted octanol–water partition coefficient (Wildman–Crippen LogP) is 2.75. The summed E-state index contributed by atoms with van der Waals surface area (Å²) < 4.78 is 47.3. The molecule has 3 fully saturated rings. The second-order valence-corrected chi connectivity index (χ2v) is 17.1.